The minimum absolute atomic E-state index is 0.0334. The van der Waals surface area contributed by atoms with E-state index >= 15 is 0 Å². The van der Waals surface area contributed by atoms with Crippen molar-refractivity contribution in [2.24, 2.45) is 15.9 Å². The van der Waals surface area contributed by atoms with Crippen molar-refractivity contribution in [2.45, 2.75) is 32.0 Å². The van der Waals surface area contributed by atoms with Crippen LogP contribution in [0.2, 0.25) is 0 Å². The standard InChI is InChI=1S/C8H17AsN2/c1-5-10-6-11-8(4,9)7(2)3/h7H,5,9H2,1-4H3. The average molecular weight is 216 g/mol. The summed E-state index contributed by atoms with van der Waals surface area (Å²) < 4.78 is 0.0334. The van der Waals surface area contributed by atoms with Gasteiger partial charge in [-0.2, -0.15) is 0 Å². The molecular formula is C8H17AsN2. The molecule has 0 fully saturated rings. The van der Waals surface area contributed by atoms with Gasteiger partial charge in [0.1, 0.15) is 0 Å². The van der Waals surface area contributed by atoms with Crippen LogP contribution in [-0.2, 0) is 0 Å². The van der Waals surface area contributed by atoms with Gasteiger partial charge in [-0.05, 0) is 0 Å². The molecule has 0 N–H and O–H groups in total. The quantitative estimate of drug-likeness (QED) is 0.500. The van der Waals surface area contributed by atoms with E-state index < -0.39 is 0 Å². The van der Waals surface area contributed by atoms with Crippen molar-refractivity contribution in [2.75, 3.05) is 6.54 Å². The fraction of sp³-hybridized carbons (Fsp3) is 0.875. The van der Waals surface area contributed by atoms with Crippen LogP contribution in [0.4, 0.5) is 0 Å². The van der Waals surface area contributed by atoms with Crippen molar-refractivity contribution in [3.8, 4) is 0 Å². The van der Waals surface area contributed by atoms with Crippen LogP contribution in [0.15, 0.2) is 9.98 Å². The zero-order chi connectivity index (χ0) is 8.91. The van der Waals surface area contributed by atoms with Crippen LogP contribution in [0.1, 0.15) is 27.7 Å². The van der Waals surface area contributed by atoms with Crippen LogP contribution in [-0.4, -0.2) is 33.7 Å². The first-order valence-electron chi connectivity index (χ1n) is 3.93. The molecule has 64 valence electrons. The van der Waals surface area contributed by atoms with Gasteiger partial charge in [-0.1, -0.05) is 0 Å². The van der Waals surface area contributed by atoms with Gasteiger partial charge < -0.3 is 0 Å². The second-order valence-electron chi connectivity index (χ2n) is 3.07. The number of nitrogens with zero attached hydrogens (tertiary/aromatic N) is 2. The van der Waals surface area contributed by atoms with Gasteiger partial charge in [0.2, 0.25) is 0 Å². The fourth-order valence-corrected chi connectivity index (χ4v) is 0.464. The summed E-state index contributed by atoms with van der Waals surface area (Å²) in [5, 5.41) is 0. The van der Waals surface area contributed by atoms with Gasteiger partial charge in [0.05, 0.1) is 0 Å². The molecule has 3 heteroatoms. The van der Waals surface area contributed by atoms with E-state index in [9.17, 15) is 0 Å². The van der Waals surface area contributed by atoms with E-state index in [1.165, 1.54) is 0 Å². The van der Waals surface area contributed by atoms with Gasteiger partial charge in [0.25, 0.3) is 0 Å². The van der Waals surface area contributed by atoms with E-state index in [1.54, 1.807) is 16.9 Å². The summed E-state index contributed by atoms with van der Waals surface area (Å²) in [6.07, 6.45) is 0. The fourth-order valence-electron chi connectivity index (χ4n) is 0.343. The van der Waals surface area contributed by atoms with Crippen molar-refractivity contribution in [3.63, 3.8) is 0 Å². The molecule has 0 amide bonds. The molecular weight excluding hydrogens is 199 g/mol. The number of rotatable bonds is 3. The normalized spacial score (nSPS) is 15.5. The van der Waals surface area contributed by atoms with Gasteiger partial charge in [-0.15, -0.1) is 0 Å². The molecule has 0 spiro atoms. The molecule has 0 aromatic carbocycles. The summed E-state index contributed by atoms with van der Waals surface area (Å²) >= 11 is 1.63. The van der Waals surface area contributed by atoms with Crippen molar-refractivity contribution in [1.29, 1.82) is 0 Å². The van der Waals surface area contributed by atoms with Crippen molar-refractivity contribution < 1.29 is 0 Å². The van der Waals surface area contributed by atoms with Crippen LogP contribution in [0, 0.1) is 5.92 Å². The molecule has 0 saturated heterocycles. The van der Waals surface area contributed by atoms with Crippen molar-refractivity contribution in [3.05, 3.63) is 0 Å². The second kappa shape index (κ2) is 4.74. The summed E-state index contributed by atoms with van der Waals surface area (Å²) in [4.78, 5) is 8.19. The Hall–Kier alpha value is -0.0616. The Morgan fingerprint density at radius 3 is 2.45 bits per heavy atom. The number of hydrogen-bond acceptors (Lipinski definition) is 2. The Morgan fingerprint density at radius 2 is 2.09 bits per heavy atom. The average Bonchev–Trinajstić information content (AvgIpc) is 1.88. The van der Waals surface area contributed by atoms with Gasteiger partial charge >= 0.3 is 77.3 Å². The third kappa shape index (κ3) is 4.39. The third-order valence-electron chi connectivity index (χ3n) is 1.69. The molecule has 0 radical (unpaired) electrons. The van der Waals surface area contributed by atoms with Crippen LogP contribution in [0.5, 0.6) is 0 Å². The predicted octanol–water partition coefficient (Wildman–Crippen LogP) is 1.19. The van der Waals surface area contributed by atoms with E-state index in [1.807, 2.05) is 6.92 Å². The summed E-state index contributed by atoms with van der Waals surface area (Å²) in [6, 6.07) is 2.72. The SMILES string of the molecule is CCN=C=NC(C)([AsH2])C(C)C. The maximum absolute atomic E-state index is 4.26. The summed E-state index contributed by atoms with van der Waals surface area (Å²) in [5.41, 5.74) is 0. The molecule has 11 heavy (non-hydrogen) atoms. The Kier molecular flexibility index (Phi) is 4.72. The van der Waals surface area contributed by atoms with E-state index in [0.717, 1.165) is 6.54 Å². The number of aliphatic imine (C=N–C) groups is 2. The molecule has 0 rings (SSSR count). The van der Waals surface area contributed by atoms with Crippen molar-refractivity contribution >= 4 is 22.9 Å². The summed E-state index contributed by atoms with van der Waals surface area (Å²) in [6.45, 7) is 9.20. The topological polar surface area (TPSA) is 24.7 Å². The Balaban J connectivity index is 4.22. The van der Waals surface area contributed by atoms with Gasteiger partial charge in [0.15, 0.2) is 0 Å². The number of hydrogen-bond donors (Lipinski definition) is 0. The van der Waals surface area contributed by atoms with Gasteiger partial charge in [0, 0.05) is 0 Å². The van der Waals surface area contributed by atoms with Crippen LogP contribution in [0.3, 0.4) is 0 Å². The molecule has 0 aliphatic heterocycles. The summed E-state index contributed by atoms with van der Waals surface area (Å²) in [7, 11) is 0. The van der Waals surface area contributed by atoms with Crippen LogP contribution < -0.4 is 0 Å². The Bertz CT molecular complexity index is 167. The van der Waals surface area contributed by atoms with Gasteiger partial charge in [-0.25, -0.2) is 0 Å². The van der Waals surface area contributed by atoms with E-state index in [0.29, 0.717) is 5.92 Å². The minimum atomic E-state index is 0.0334. The van der Waals surface area contributed by atoms with E-state index in [2.05, 4.69) is 36.8 Å². The summed E-state index contributed by atoms with van der Waals surface area (Å²) in [5.74, 6) is 0.557. The van der Waals surface area contributed by atoms with Gasteiger partial charge in [-0.3, -0.25) is 0 Å². The Morgan fingerprint density at radius 1 is 1.55 bits per heavy atom. The molecule has 0 aliphatic rings. The molecule has 2 atom stereocenters. The molecule has 0 heterocycles. The molecule has 0 aromatic heterocycles. The zero-order valence-corrected chi connectivity index (χ0v) is 10.2. The molecule has 0 bridgehead atoms. The first-order chi connectivity index (χ1) is 5.00. The predicted molar refractivity (Wildman–Crippen MR) is 52.2 cm³/mol. The van der Waals surface area contributed by atoms with E-state index in [4.69, 9.17) is 0 Å². The monoisotopic (exact) mass is 216 g/mol. The zero-order valence-electron chi connectivity index (χ0n) is 7.76. The van der Waals surface area contributed by atoms with Crippen LogP contribution in [0.25, 0.3) is 0 Å². The maximum atomic E-state index is 4.26. The first-order valence-corrected chi connectivity index (χ1v) is 5.14. The third-order valence-corrected chi connectivity index (χ3v) is 3.36. The molecule has 2 unspecified atom stereocenters. The van der Waals surface area contributed by atoms with Crippen LogP contribution >= 0.6 is 0 Å². The molecule has 2 nitrogen and oxygen atoms in total. The molecule has 0 saturated carbocycles. The molecule has 0 aromatic rings. The Labute approximate surface area is 77.7 Å². The first kappa shape index (κ1) is 10.9. The second-order valence-corrected chi connectivity index (χ2v) is 5.52. The van der Waals surface area contributed by atoms with E-state index in [-0.39, 0.29) is 4.33 Å². The van der Waals surface area contributed by atoms with Crippen molar-refractivity contribution in [1.82, 2.24) is 0 Å². The molecule has 0 aliphatic carbocycles.